The number of rotatable bonds is 4. The third-order valence-corrected chi connectivity index (χ3v) is 8.92. The molecule has 4 fully saturated rings. The Morgan fingerprint density at radius 3 is 2.56 bits per heavy atom. The largest absolute Gasteiger partial charge is 0.381 e. The second-order valence-electron chi connectivity index (χ2n) is 10.7. The van der Waals surface area contributed by atoms with Gasteiger partial charge in [0.2, 0.25) is 5.91 Å². The molecule has 0 bridgehead atoms. The van der Waals surface area contributed by atoms with E-state index in [9.17, 15) is 4.79 Å². The fourth-order valence-corrected chi connectivity index (χ4v) is 6.41. The summed E-state index contributed by atoms with van der Waals surface area (Å²) in [5.41, 5.74) is 1.36. The van der Waals surface area contributed by atoms with Crippen molar-refractivity contribution in [3.05, 3.63) is 29.4 Å². The first-order valence-electron chi connectivity index (χ1n) is 12.5. The van der Waals surface area contributed by atoms with Crippen LogP contribution in [0, 0.1) is 11.3 Å². The SMILES string of the molecule is C[C@]1(N2CCN(c3cc4cc(NC(=O)C5CC56CCOCC6)ncc4cc3Cl)CC2)CCOC1. The first-order valence-corrected chi connectivity index (χ1v) is 12.9. The zero-order valence-corrected chi connectivity index (χ0v) is 20.6. The van der Waals surface area contributed by atoms with Gasteiger partial charge in [0.1, 0.15) is 5.82 Å². The Balaban J connectivity index is 1.16. The van der Waals surface area contributed by atoms with E-state index in [4.69, 9.17) is 21.1 Å². The monoisotopic (exact) mass is 484 g/mol. The van der Waals surface area contributed by atoms with Crippen LogP contribution in [0.1, 0.15) is 32.6 Å². The number of carbonyl (C=O) groups excluding carboxylic acids is 1. The van der Waals surface area contributed by atoms with Crippen molar-refractivity contribution in [3.8, 4) is 0 Å². The molecule has 8 heteroatoms. The molecule has 1 aromatic carbocycles. The second kappa shape index (κ2) is 8.63. The van der Waals surface area contributed by atoms with Gasteiger partial charge >= 0.3 is 0 Å². The molecule has 1 amide bonds. The van der Waals surface area contributed by atoms with Crippen LogP contribution >= 0.6 is 11.6 Å². The van der Waals surface area contributed by atoms with E-state index in [0.717, 1.165) is 99.8 Å². The van der Waals surface area contributed by atoms with Gasteiger partial charge in [-0.15, -0.1) is 0 Å². The van der Waals surface area contributed by atoms with Crippen LogP contribution in [0.4, 0.5) is 11.5 Å². The average molecular weight is 485 g/mol. The fourth-order valence-electron chi connectivity index (χ4n) is 6.12. The number of carbonyl (C=O) groups is 1. The van der Waals surface area contributed by atoms with Crippen LogP contribution < -0.4 is 10.2 Å². The number of aromatic nitrogens is 1. The molecular weight excluding hydrogens is 452 g/mol. The maximum absolute atomic E-state index is 12.9. The predicted molar refractivity (Wildman–Crippen MR) is 134 cm³/mol. The first-order chi connectivity index (χ1) is 16.5. The van der Waals surface area contributed by atoms with Gasteiger partial charge in [0.15, 0.2) is 0 Å². The molecular formula is C26H33ClN4O3. The topological polar surface area (TPSA) is 66.9 Å². The van der Waals surface area contributed by atoms with Crippen LogP contribution in [-0.4, -0.2) is 73.9 Å². The number of amides is 1. The summed E-state index contributed by atoms with van der Waals surface area (Å²) in [6.07, 6.45) is 5.83. The number of hydrogen-bond acceptors (Lipinski definition) is 6. The van der Waals surface area contributed by atoms with Crippen molar-refractivity contribution in [2.45, 2.75) is 38.1 Å². The lowest BCUT2D eigenvalue weighted by molar-refractivity contribution is -0.118. The van der Waals surface area contributed by atoms with Crippen LogP contribution in [0.5, 0.6) is 0 Å². The third-order valence-electron chi connectivity index (χ3n) is 8.62. The Morgan fingerprint density at radius 1 is 1.06 bits per heavy atom. The quantitative estimate of drug-likeness (QED) is 0.709. The molecule has 3 aliphatic heterocycles. The summed E-state index contributed by atoms with van der Waals surface area (Å²) >= 11 is 6.70. The molecule has 1 N–H and O–H groups in total. The predicted octanol–water partition coefficient (Wildman–Crippen LogP) is 3.94. The number of anilines is 2. The van der Waals surface area contributed by atoms with E-state index in [1.807, 2.05) is 12.1 Å². The Bertz CT molecular complexity index is 1090. The van der Waals surface area contributed by atoms with Gasteiger partial charge in [0.05, 0.1) is 17.3 Å². The van der Waals surface area contributed by atoms with Gasteiger partial charge in [-0.1, -0.05) is 11.6 Å². The van der Waals surface area contributed by atoms with E-state index in [1.54, 1.807) is 6.20 Å². The van der Waals surface area contributed by atoms with Crippen molar-refractivity contribution < 1.29 is 14.3 Å². The van der Waals surface area contributed by atoms with Crippen molar-refractivity contribution in [1.82, 2.24) is 9.88 Å². The molecule has 1 aliphatic carbocycles. The Morgan fingerprint density at radius 2 is 1.82 bits per heavy atom. The lowest BCUT2D eigenvalue weighted by Gasteiger charge is -2.44. The van der Waals surface area contributed by atoms with E-state index in [-0.39, 0.29) is 22.8 Å². The van der Waals surface area contributed by atoms with Crippen molar-refractivity contribution in [1.29, 1.82) is 0 Å². The summed E-state index contributed by atoms with van der Waals surface area (Å²) in [4.78, 5) is 22.3. The van der Waals surface area contributed by atoms with Gasteiger partial charge in [0.25, 0.3) is 0 Å². The number of ether oxygens (including phenoxy) is 2. The number of piperazine rings is 1. The molecule has 182 valence electrons. The number of hydrogen-bond donors (Lipinski definition) is 1. The summed E-state index contributed by atoms with van der Waals surface area (Å²) < 4.78 is 11.1. The fraction of sp³-hybridized carbons (Fsp3) is 0.615. The van der Waals surface area contributed by atoms with Gasteiger partial charge in [-0.2, -0.15) is 0 Å². The zero-order chi connectivity index (χ0) is 23.3. The first kappa shape index (κ1) is 22.5. The summed E-state index contributed by atoms with van der Waals surface area (Å²) in [6.45, 7) is 9.39. The number of benzene rings is 1. The van der Waals surface area contributed by atoms with Gasteiger partial charge in [-0.25, -0.2) is 4.98 Å². The van der Waals surface area contributed by atoms with Crippen molar-refractivity contribution >= 4 is 39.8 Å². The van der Waals surface area contributed by atoms with Gasteiger partial charge in [-0.05, 0) is 61.6 Å². The minimum Gasteiger partial charge on any atom is -0.381 e. The zero-order valence-electron chi connectivity index (χ0n) is 19.8. The highest BCUT2D eigenvalue weighted by Gasteiger charge is 2.58. The highest BCUT2D eigenvalue weighted by atomic mass is 35.5. The molecule has 6 rings (SSSR count). The molecule has 2 atom stereocenters. The number of pyridine rings is 1. The summed E-state index contributed by atoms with van der Waals surface area (Å²) in [5.74, 6) is 0.778. The smallest absolute Gasteiger partial charge is 0.229 e. The van der Waals surface area contributed by atoms with E-state index in [2.05, 4.69) is 33.1 Å². The Labute approximate surface area is 205 Å². The molecule has 0 radical (unpaired) electrons. The van der Waals surface area contributed by atoms with Crippen molar-refractivity contribution in [3.63, 3.8) is 0 Å². The van der Waals surface area contributed by atoms with E-state index in [0.29, 0.717) is 5.82 Å². The molecule has 34 heavy (non-hydrogen) atoms. The van der Waals surface area contributed by atoms with Crippen LogP contribution in [0.25, 0.3) is 10.8 Å². The molecule has 1 aromatic heterocycles. The number of nitrogens with zero attached hydrogens (tertiary/aromatic N) is 3. The molecule has 2 aromatic rings. The standard InChI is InChI=1S/C26H33ClN4O3/c1-25(2-9-34-17-25)31-7-5-30(6-8-31)22-13-18-14-23(28-16-19(18)12-21(22)27)29-24(32)20-15-26(20)3-10-33-11-4-26/h12-14,16,20H,2-11,15,17H2,1H3,(H,28,29,32)/t20?,25-/m0/s1. The summed E-state index contributed by atoms with van der Waals surface area (Å²) in [6, 6.07) is 6.10. The van der Waals surface area contributed by atoms with E-state index >= 15 is 0 Å². The highest BCUT2D eigenvalue weighted by molar-refractivity contribution is 6.34. The average Bonchev–Trinajstić information content (AvgIpc) is 3.34. The minimum absolute atomic E-state index is 0.0816. The molecule has 4 aliphatic rings. The van der Waals surface area contributed by atoms with Crippen LogP contribution in [0.15, 0.2) is 24.4 Å². The second-order valence-corrected chi connectivity index (χ2v) is 11.1. The summed E-state index contributed by atoms with van der Waals surface area (Å²) in [7, 11) is 0. The molecule has 7 nitrogen and oxygen atoms in total. The third kappa shape index (κ3) is 4.06. The highest BCUT2D eigenvalue weighted by Crippen LogP contribution is 2.59. The molecule has 1 saturated carbocycles. The number of halogens is 1. The van der Waals surface area contributed by atoms with Gasteiger partial charge in [0, 0.05) is 69.0 Å². The van der Waals surface area contributed by atoms with Gasteiger partial charge in [-0.3, -0.25) is 9.69 Å². The normalized spacial score (nSPS) is 29.0. The van der Waals surface area contributed by atoms with Crippen molar-refractivity contribution in [2.75, 3.05) is 62.8 Å². The van der Waals surface area contributed by atoms with Crippen LogP contribution in [0.3, 0.4) is 0 Å². The lowest BCUT2D eigenvalue weighted by atomic mass is 9.93. The molecule has 1 spiro atoms. The molecule has 1 unspecified atom stereocenters. The van der Waals surface area contributed by atoms with Crippen LogP contribution in [-0.2, 0) is 14.3 Å². The van der Waals surface area contributed by atoms with Crippen LogP contribution in [0.2, 0.25) is 5.02 Å². The van der Waals surface area contributed by atoms with E-state index in [1.165, 1.54) is 0 Å². The molecule has 3 saturated heterocycles. The molecule has 4 heterocycles. The Hall–Kier alpha value is -1.93. The maximum atomic E-state index is 12.9. The Kier molecular flexibility index (Phi) is 5.72. The summed E-state index contributed by atoms with van der Waals surface area (Å²) in [5, 5.41) is 5.83. The maximum Gasteiger partial charge on any atom is 0.229 e. The van der Waals surface area contributed by atoms with Gasteiger partial charge < -0.3 is 19.7 Å². The minimum atomic E-state index is 0.0816. The number of nitrogens with one attached hydrogen (secondary N) is 1. The van der Waals surface area contributed by atoms with Crippen molar-refractivity contribution in [2.24, 2.45) is 11.3 Å². The number of fused-ring (bicyclic) bond motifs is 1. The van der Waals surface area contributed by atoms with E-state index < -0.39 is 0 Å². The lowest BCUT2D eigenvalue weighted by Crippen LogP contribution is -2.56.